The third-order valence-electron chi connectivity index (χ3n) is 3.67. The van der Waals surface area contributed by atoms with Crippen molar-refractivity contribution in [2.75, 3.05) is 5.73 Å². The van der Waals surface area contributed by atoms with Gasteiger partial charge in [-0.15, -0.1) is 0 Å². The molecule has 2 nitrogen and oxygen atoms in total. The minimum Gasteiger partial charge on any atom is -0.399 e. The van der Waals surface area contributed by atoms with Gasteiger partial charge in [0.05, 0.1) is 0 Å². The van der Waals surface area contributed by atoms with Crippen LogP contribution in [0.2, 0.25) is 0 Å². The summed E-state index contributed by atoms with van der Waals surface area (Å²) in [6.45, 7) is 5.23. The first kappa shape index (κ1) is 11.3. The van der Waals surface area contributed by atoms with Crippen molar-refractivity contribution in [3.8, 4) is 0 Å². The topological polar surface area (TPSA) is 29.3 Å². The lowest BCUT2D eigenvalue weighted by Gasteiger charge is -2.16. The van der Waals surface area contributed by atoms with Gasteiger partial charge in [0, 0.05) is 25.3 Å². The highest BCUT2D eigenvalue weighted by atomic mass is 15.1. The highest BCUT2D eigenvalue weighted by Gasteiger charge is 2.19. The fraction of sp³-hybridized carbons (Fsp3) is 0.250. The second kappa shape index (κ2) is 4.46. The Kier molecular flexibility index (Phi) is 2.80. The van der Waals surface area contributed by atoms with E-state index >= 15 is 0 Å². The molecule has 0 saturated carbocycles. The van der Waals surface area contributed by atoms with Gasteiger partial charge in [0.2, 0.25) is 0 Å². The van der Waals surface area contributed by atoms with Gasteiger partial charge in [-0.3, -0.25) is 4.90 Å². The van der Waals surface area contributed by atoms with E-state index in [2.05, 4.69) is 48.2 Å². The molecular formula is C16H18N2. The van der Waals surface area contributed by atoms with Gasteiger partial charge in [0.15, 0.2) is 0 Å². The molecule has 3 rings (SSSR count). The molecule has 0 amide bonds. The molecule has 0 radical (unpaired) electrons. The monoisotopic (exact) mass is 238 g/mol. The summed E-state index contributed by atoms with van der Waals surface area (Å²) in [5, 5.41) is 0. The Balaban J connectivity index is 1.77. The SMILES string of the molecule is Cc1ccccc1CN1Cc2ccc(N)cc2C1. The van der Waals surface area contributed by atoms with Gasteiger partial charge in [-0.1, -0.05) is 30.3 Å². The van der Waals surface area contributed by atoms with Crippen LogP contribution in [0.5, 0.6) is 0 Å². The summed E-state index contributed by atoms with van der Waals surface area (Å²) >= 11 is 0. The molecule has 0 bridgehead atoms. The Morgan fingerprint density at radius 2 is 1.83 bits per heavy atom. The van der Waals surface area contributed by atoms with E-state index in [4.69, 9.17) is 5.73 Å². The highest BCUT2D eigenvalue weighted by Crippen LogP contribution is 2.26. The van der Waals surface area contributed by atoms with Crippen molar-refractivity contribution in [2.45, 2.75) is 26.6 Å². The molecule has 2 N–H and O–H groups in total. The average Bonchev–Trinajstić information content (AvgIpc) is 2.73. The van der Waals surface area contributed by atoms with Crippen LogP contribution >= 0.6 is 0 Å². The number of benzene rings is 2. The van der Waals surface area contributed by atoms with Crippen LogP contribution in [0.3, 0.4) is 0 Å². The lowest BCUT2D eigenvalue weighted by atomic mass is 10.1. The van der Waals surface area contributed by atoms with Gasteiger partial charge in [-0.05, 0) is 41.3 Å². The molecule has 0 saturated heterocycles. The summed E-state index contributed by atoms with van der Waals surface area (Å²) in [6.07, 6.45) is 0. The van der Waals surface area contributed by atoms with E-state index in [1.165, 1.54) is 22.3 Å². The zero-order chi connectivity index (χ0) is 12.5. The van der Waals surface area contributed by atoms with Gasteiger partial charge in [0.1, 0.15) is 0 Å². The molecule has 2 heteroatoms. The molecule has 0 atom stereocenters. The van der Waals surface area contributed by atoms with Crippen LogP contribution in [0, 0.1) is 6.92 Å². The Hall–Kier alpha value is -1.80. The van der Waals surface area contributed by atoms with Gasteiger partial charge in [-0.25, -0.2) is 0 Å². The van der Waals surface area contributed by atoms with E-state index in [0.29, 0.717) is 0 Å². The number of nitrogens with zero attached hydrogens (tertiary/aromatic N) is 1. The second-order valence-electron chi connectivity index (χ2n) is 5.10. The maximum absolute atomic E-state index is 5.83. The quantitative estimate of drug-likeness (QED) is 0.815. The van der Waals surface area contributed by atoms with Crippen LogP contribution in [0.4, 0.5) is 5.69 Å². The number of nitrogen functional groups attached to an aromatic ring is 1. The van der Waals surface area contributed by atoms with Crippen molar-refractivity contribution in [2.24, 2.45) is 0 Å². The number of hydrogen-bond donors (Lipinski definition) is 1. The first-order chi connectivity index (χ1) is 8.72. The lowest BCUT2D eigenvalue weighted by molar-refractivity contribution is 0.275. The smallest absolute Gasteiger partial charge is 0.0317 e. The van der Waals surface area contributed by atoms with Crippen LogP contribution in [-0.2, 0) is 19.6 Å². The van der Waals surface area contributed by atoms with Gasteiger partial charge in [0.25, 0.3) is 0 Å². The Labute approximate surface area is 108 Å². The molecule has 0 fully saturated rings. The number of fused-ring (bicyclic) bond motifs is 1. The molecule has 2 aromatic carbocycles. The normalized spacial score (nSPS) is 14.7. The van der Waals surface area contributed by atoms with Crippen molar-refractivity contribution in [3.05, 3.63) is 64.7 Å². The Morgan fingerprint density at radius 3 is 2.67 bits per heavy atom. The molecule has 0 unspecified atom stereocenters. The summed E-state index contributed by atoms with van der Waals surface area (Å²) < 4.78 is 0. The summed E-state index contributed by atoms with van der Waals surface area (Å²) in [5.74, 6) is 0. The van der Waals surface area contributed by atoms with Crippen molar-refractivity contribution >= 4 is 5.69 Å². The van der Waals surface area contributed by atoms with E-state index in [1.54, 1.807) is 0 Å². The zero-order valence-corrected chi connectivity index (χ0v) is 10.7. The van der Waals surface area contributed by atoms with Crippen LogP contribution < -0.4 is 5.73 Å². The largest absolute Gasteiger partial charge is 0.399 e. The van der Waals surface area contributed by atoms with Crippen molar-refractivity contribution < 1.29 is 0 Å². The Bertz CT molecular complexity index is 575. The standard InChI is InChI=1S/C16H18N2/c1-12-4-2-3-5-13(12)9-18-10-14-6-7-16(17)8-15(14)11-18/h2-8H,9-11,17H2,1H3. The van der Waals surface area contributed by atoms with E-state index < -0.39 is 0 Å². The maximum Gasteiger partial charge on any atom is 0.0317 e. The molecule has 0 aliphatic carbocycles. The van der Waals surface area contributed by atoms with E-state index in [-0.39, 0.29) is 0 Å². The third kappa shape index (κ3) is 2.12. The number of rotatable bonds is 2. The molecular weight excluding hydrogens is 220 g/mol. The van der Waals surface area contributed by atoms with Crippen molar-refractivity contribution in [1.29, 1.82) is 0 Å². The van der Waals surface area contributed by atoms with Crippen molar-refractivity contribution in [1.82, 2.24) is 4.90 Å². The lowest BCUT2D eigenvalue weighted by Crippen LogP contribution is -2.16. The summed E-state index contributed by atoms with van der Waals surface area (Å²) in [7, 11) is 0. The minimum atomic E-state index is 0.867. The first-order valence-electron chi connectivity index (χ1n) is 6.36. The Morgan fingerprint density at radius 1 is 1.06 bits per heavy atom. The molecule has 0 spiro atoms. The van der Waals surface area contributed by atoms with E-state index in [0.717, 1.165) is 25.3 Å². The molecule has 0 aromatic heterocycles. The number of nitrogens with two attached hydrogens (primary N) is 1. The number of hydrogen-bond acceptors (Lipinski definition) is 2. The van der Waals surface area contributed by atoms with Gasteiger partial charge < -0.3 is 5.73 Å². The first-order valence-corrected chi connectivity index (χ1v) is 6.36. The fourth-order valence-corrected chi connectivity index (χ4v) is 2.63. The summed E-state index contributed by atoms with van der Waals surface area (Å²) in [6, 6.07) is 14.9. The zero-order valence-electron chi connectivity index (χ0n) is 10.7. The van der Waals surface area contributed by atoms with Gasteiger partial charge >= 0.3 is 0 Å². The third-order valence-corrected chi connectivity index (χ3v) is 3.67. The molecule has 92 valence electrons. The minimum absolute atomic E-state index is 0.867. The molecule has 2 aromatic rings. The molecule has 18 heavy (non-hydrogen) atoms. The molecule has 1 aliphatic rings. The number of anilines is 1. The van der Waals surface area contributed by atoms with Crippen LogP contribution in [0.25, 0.3) is 0 Å². The second-order valence-corrected chi connectivity index (χ2v) is 5.10. The fourth-order valence-electron chi connectivity index (χ4n) is 2.63. The van der Waals surface area contributed by atoms with Crippen LogP contribution in [0.15, 0.2) is 42.5 Å². The molecule has 1 aliphatic heterocycles. The van der Waals surface area contributed by atoms with Crippen LogP contribution in [0.1, 0.15) is 22.3 Å². The predicted molar refractivity (Wildman–Crippen MR) is 75.0 cm³/mol. The van der Waals surface area contributed by atoms with E-state index in [9.17, 15) is 0 Å². The maximum atomic E-state index is 5.83. The summed E-state index contributed by atoms with van der Waals surface area (Å²) in [4.78, 5) is 2.46. The van der Waals surface area contributed by atoms with Crippen LogP contribution in [-0.4, -0.2) is 4.90 Å². The number of aryl methyl sites for hydroxylation is 1. The van der Waals surface area contributed by atoms with Gasteiger partial charge in [-0.2, -0.15) is 0 Å². The molecule has 1 heterocycles. The summed E-state index contributed by atoms with van der Waals surface area (Å²) in [5.41, 5.74) is 12.3. The highest BCUT2D eigenvalue weighted by molar-refractivity contribution is 5.46. The predicted octanol–water partition coefficient (Wildman–Crippen LogP) is 3.09. The van der Waals surface area contributed by atoms with Crippen molar-refractivity contribution in [3.63, 3.8) is 0 Å². The average molecular weight is 238 g/mol. The van der Waals surface area contributed by atoms with E-state index in [1.807, 2.05) is 6.07 Å².